The van der Waals surface area contributed by atoms with Crippen LogP contribution in [-0.2, 0) is 12.8 Å². The van der Waals surface area contributed by atoms with Crippen LogP contribution in [0.4, 0.5) is 25.1 Å². The quantitative estimate of drug-likeness (QED) is 0.483. The number of ether oxygens (including phenoxy) is 1. The summed E-state index contributed by atoms with van der Waals surface area (Å²) >= 11 is 0. The predicted molar refractivity (Wildman–Crippen MR) is 106 cm³/mol. The van der Waals surface area contributed by atoms with Gasteiger partial charge in [-0.15, -0.1) is 0 Å². The molecule has 0 saturated carbocycles. The molecule has 0 saturated heterocycles. The highest BCUT2D eigenvalue weighted by Gasteiger charge is 2.37. The van der Waals surface area contributed by atoms with Crippen LogP contribution < -0.4 is 14.5 Å². The van der Waals surface area contributed by atoms with E-state index < -0.39 is 12.0 Å². The van der Waals surface area contributed by atoms with Gasteiger partial charge in [0.15, 0.2) is 5.75 Å². The van der Waals surface area contributed by atoms with Crippen LogP contribution in [0.3, 0.4) is 0 Å². The number of rotatable bonds is 9. The molecule has 3 rings (SSSR count). The van der Waals surface area contributed by atoms with Crippen molar-refractivity contribution >= 4 is 12.0 Å². The Morgan fingerprint density at radius 1 is 1.19 bits per heavy atom. The van der Waals surface area contributed by atoms with Crippen LogP contribution in [0.25, 0.3) is 0 Å². The fraction of sp³-hybridized carbons (Fsp3) is 0.368. The number of halogens is 3. The maximum Gasteiger partial charge on any atom is 0.455 e. The lowest BCUT2D eigenvalue weighted by atomic mass is 10.2. The van der Waals surface area contributed by atoms with Gasteiger partial charge in [-0.3, -0.25) is 4.98 Å². The highest BCUT2D eigenvalue weighted by molar-refractivity contribution is 5.35. The highest BCUT2D eigenvalue weighted by atomic mass is 19.4. The average Bonchev–Trinajstić information content (AvgIpc) is 3.30. The van der Waals surface area contributed by atoms with E-state index in [9.17, 15) is 13.2 Å². The lowest BCUT2D eigenvalue weighted by molar-refractivity contribution is -0.146. The molecule has 3 heterocycles. The standard InChI is InChI=1S/C19H19F3N8O2/c1-3-30(7-6-29(2)18-27-16(28-32-18)19(20,21)22)17-25-10-15(11-26-17)31-12-13-4-5-24-9-14(13)8-23/h4-5,9-11H,3,6-7,12H2,1-2H3. The minimum atomic E-state index is -4.66. The van der Waals surface area contributed by atoms with E-state index in [4.69, 9.17) is 10.00 Å². The minimum Gasteiger partial charge on any atom is -0.486 e. The molecule has 13 heteroatoms. The van der Waals surface area contributed by atoms with Crippen LogP contribution in [0.1, 0.15) is 23.9 Å². The molecule has 0 fully saturated rings. The van der Waals surface area contributed by atoms with Crippen molar-refractivity contribution in [3.63, 3.8) is 0 Å². The third-order valence-electron chi connectivity index (χ3n) is 4.41. The van der Waals surface area contributed by atoms with Crippen LogP contribution in [0.15, 0.2) is 35.4 Å². The smallest absolute Gasteiger partial charge is 0.455 e. The zero-order valence-corrected chi connectivity index (χ0v) is 17.2. The summed E-state index contributed by atoms with van der Waals surface area (Å²) in [4.78, 5) is 19.1. The summed E-state index contributed by atoms with van der Waals surface area (Å²) in [5.74, 6) is -0.469. The van der Waals surface area contributed by atoms with E-state index >= 15 is 0 Å². The van der Waals surface area contributed by atoms with Crippen LogP contribution in [0, 0.1) is 11.3 Å². The molecule has 0 amide bonds. The lowest BCUT2D eigenvalue weighted by Crippen LogP contribution is -2.34. The first-order valence-electron chi connectivity index (χ1n) is 9.46. The fourth-order valence-corrected chi connectivity index (χ4v) is 2.61. The topological polar surface area (TPSA) is 117 Å². The molecule has 10 nitrogen and oxygen atoms in total. The van der Waals surface area contributed by atoms with Gasteiger partial charge in [0.05, 0.1) is 18.0 Å². The Kier molecular flexibility index (Phi) is 7.04. The number of hydrogen-bond donors (Lipinski definition) is 0. The summed E-state index contributed by atoms with van der Waals surface area (Å²) in [5.41, 5.74) is 1.12. The summed E-state index contributed by atoms with van der Waals surface area (Å²) < 4.78 is 48.2. The van der Waals surface area contributed by atoms with Gasteiger partial charge in [-0.2, -0.15) is 23.4 Å². The molecule has 3 aromatic heterocycles. The number of anilines is 2. The number of nitriles is 1. The van der Waals surface area contributed by atoms with E-state index in [1.54, 1.807) is 19.3 Å². The molecule has 0 radical (unpaired) electrons. The summed E-state index contributed by atoms with van der Waals surface area (Å²) in [6.45, 7) is 3.33. The van der Waals surface area contributed by atoms with Gasteiger partial charge < -0.3 is 19.1 Å². The van der Waals surface area contributed by atoms with Gasteiger partial charge in [-0.25, -0.2) is 9.97 Å². The second kappa shape index (κ2) is 9.90. The van der Waals surface area contributed by atoms with E-state index in [0.717, 1.165) is 0 Å². The van der Waals surface area contributed by atoms with Gasteiger partial charge in [-0.05, 0) is 18.1 Å². The maximum atomic E-state index is 12.6. The van der Waals surface area contributed by atoms with E-state index in [0.29, 0.717) is 42.5 Å². The fourth-order valence-electron chi connectivity index (χ4n) is 2.61. The Bertz CT molecular complexity index is 1070. The van der Waals surface area contributed by atoms with E-state index in [-0.39, 0.29) is 12.6 Å². The number of likely N-dealkylation sites (N-methyl/N-ethyl adjacent to an activating group) is 2. The normalized spacial score (nSPS) is 11.1. The van der Waals surface area contributed by atoms with Crippen LogP contribution in [-0.4, -0.2) is 51.8 Å². The van der Waals surface area contributed by atoms with Gasteiger partial charge >= 0.3 is 12.2 Å². The molecule has 3 aromatic rings. The molecule has 0 atom stereocenters. The summed E-state index contributed by atoms with van der Waals surface area (Å²) in [6, 6.07) is 3.52. The van der Waals surface area contributed by atoms with Crippen molar-refractivity contribution in [1.82, 2.24) is 25.1 Å². The minimum absolute atomic E-state index is 0.167. The first kappa shape index (κ1) is 22.7. The molecule has 0 spiro atoms. The first-order chi connectivity index (χ1) is 15.3. The Hall–Kier alpha value is -3.95. The second-order valence-electron chi connectivity index (χ2n) is 6.55. The molecular formula is C19H19F3N8O2. The zero-order chi connectivity index (χ0) is 23.1. The molecule has 0 aromatic carbocycles. The molecular weight excluding hydrogens is 429 g/mol. The predicted octanol–water partition coefficient (Wildman–Crippen LogP) is 2.69. The molecule has 0 aliphatic carbocycles. The van der Waals surface area contributed by atoms with Crippen molar-refractivity contribution in [1.29, 1.82) is 5.26 Å². The molecule has 0 aliphatic heterocycles. The molecule has 0 aliphatic rings. The van der Waals surface area contributed by atoms with Crippen molar-refractivity contribution in [3.8, 4) is 11.8 Å². The molecule has 32 heavy (non-hydrogen) atoms. The number of aromatic nitrogens is 5. The number of alkyl halides is 3. The third-order valence-corrected chi connectivity index (χ3v) is 4.41. The Labute approximate surface area is 181 Å². The SMILES string of the molecule is CCN(CCN(C)c1nc(C(F)(F)F)no1)c1ncc(OCc2ccncc2C#N)cn1. The van der Waals surface area contributed by atoms with Crippen LogP contribution in [0.2, 0.25) is 0 Å². The Morgan fingerprint density at radius 2 is 1.94 bits per heavy atom. The molecule has 0 bridgehead atoms. The van der Waals surface area contributed by atoms with Gasteiger partial charge in [0, 0.05) is 44.6 Å². The van der Waals surface area contributed by atoms with Crippen LogP contribution in [0.5, 0.6) is 5.75 Å². The summed E-state index contributed by atoms with van der Waals surface area (Å²) in [5, 5.41) is 12.0. The molecule has 0 N–H and O–H groups in total. The third kappa shape index (κ3) is 5.60. The van der Waals surface area contributed by atoms with Crippen molar-refractivity contribution in [2.45, 2.75) is 19.7 Å². The van der Waals surface area contributed by atoms with Gasteiger partial charge in [-0.1, -0.05) is 0 Å². The lowest BCUT2D eigenvalue weighted by Gasteiger charge is -2.23. The van der Waals surface area contributed by atoms with E-state index in [1.165, 1.54) is 23.5 Å². The van der Waals surface area contributed by atoms with Crippen molar-refractivity contribution in [2.75, 3.05) is 36.5 Å². The molecule has 168 valence electrons. The first-order valence-corrected chi connectivity index (χ1v) is 9.46. The van der Waals surface area contributed by atoms with E-state index in [1.807, 2.05) is 11.8 Å². The monoisotopic (exact) mass is 448 g/mol. The number of hydrogen-bond acceptors (Lipinski definition) is 10. The maximum absolute atomic E-state index is 12.6. The zero-order valence-electron chi connectivity index (χ0n) is 17.2. The molecule has 0 unspecified atom stereocenters. The Balaban J connectivity index is 1.56. The second-order valence-corrected chi connectivity index (χ2v) is 6.55. The van der Waals surface area contributed by atoms with E-state index in [2.05, 4.69) is 35.7 Å². The van der Waals surface area contributed by atoms with Crippen LogP contribution >= 0.6 is 0 Å². The number of pyridine rings is 1. The van der Waals surface area contributed by atoms with Crippen molar-refractivity contribution < 1.29 is 22.4 Å². The average molecular weight is 448 g/mol. The largest absolute Gasteiger partial charge is 0.486 e. The summed E-state index contributed by atoms with van der Waals surface area (Å²) in [6.07, 6.45) is 1.40. The van der Waals surface area contributed by atoms with Gasteiger partial charge in [0.25, 0.3) is 5.82 Å². The van der Waals surface area contributed by atoms with Crippen molar-refractivity contribution in [3.05, 3.63) is 47.8 Å². The van der Waals surface area contributed by atoms with Crippen molar-refractivity contribution in [2.24, 2.45) is 0 Å². The van der Waals surface area contributed by atoms with Gasteiger partial charge in [0.1, 0.15) is 12.7 Å². The highest BCUT2D eigenvalue weighted by Crippen LogP contribution is 2.27. The van der Waals surface area contributed by atoms with Gasteiger partial charge in [0.2, 0.25) is 5.95 Å². The Morgan fingerprint density at radius 3 is 2.56 bits per heavy atom. The number of nitrogens with zero attached hydrogens (tertiary/aromatic N) is 8. The summed E-state index contributed by atoms with van der Waals surface area (Å²) in [7, 11) is 1.55.